The van der Waals surface area contributed by atoms with Crippen molar-refractivity contribution in [1.82, 2.24) is 0 Å². The Morgan fingerprint density at radius 1 is 1.88 bits per heavy atom. The molecule has 1 unspecified atom stereocenters. The first-order valence-corrected chi connectivity index (χ1v) is 5.83. The van der Waals surface area contributed by atoms with E-state index in [4.69, 9.17) is 4.89 Å². The van der Waals surface area contributed by atoms with E-state index >= 15 is 0 Å². The summed E-state index contributed by atoms with van der Waals surface area (Å²) >= 11 is 2.47. The van der Waals surface area contributed by atoms with Crippen LogP contribution < -0.4 is 0 Å². The highest BCUT2D eigenvalue weighted by Gasteiger charge is 2.10. The first-order valence-electron chi connectivity index (χ1n) is 2.23. The van der Waals surface area contributed by atoms with Crippen molar-refractivity contribution >= 4 is 21.8 Å². The molecule has 0 aromatic heterocycles. The standard InChI is InChI=1S/C3H8BrO3P/c1-2-3-7-8(4,5)6/h2-3H2,1H3,(H,5,6). The lowest BCUT2D eigenvalue weighted by molar-refractivity contribution is 0.277. The van der Waals surface area contributed by atoms with Crippen molar-refractivity contribution in [3.05, 3.63) is 0 Å². The van der Waals surface area contributed by atoms with Gasteiger partial charge in [0.05, 0.1) is 6.61 Å². The van der Waals surface area contributed by atoms with Gasteiger partial charge in [0, 0.05) is 15.5 Å². The third-order valence-corrected chi connectivity index (χ3v) is 1.57. The summed E-state index contributed by atoms with van der Waals surface area (Å²) in [6.07, 6.45) is -2.62. The van der Waals surface area contributed by atoms with E-state index in [0.717, 1.165) is 6.42 Å². The fourth-order valence-corrected chi connectivity index (χ4v) is 1.05. The molecule has 0 saturated heterocycles. The molecule has 0 aliphatic heterocycles. The topological polar surface area (TPSA) is 46.5 Å². The van der Waals surface area contributed by atoms with Crippen molar-refractivity contribution in [3.8, 4) is 0 Å². The summed E-state index contributed by atoms with van der Waals surface area (Å²) in [7, 11) is 0. The van der Waals surface area contributed by atoms with Gasteiger partial charge in [-0.3, -0.25) is 0 Å². The van der Waals surface area contributed by atoms with Crippen LogP contribution in [-0.2, 0) is 9.09 Å². The monoisotopic (exact) mass is 202 g/mol. The molecule has 0 spiro atoms. The molecule has 0 aromatic rings. The van der Waals surface area contributed by atoms with Crippen molar-refractivity contribution in [3.63, 3.8) is 0 Å². The normalized spacial score (nSPS) is 17.9. The van der Waals surface area contributed by atoms with E-state index in [1.165, 1.54) is 0 Å². The zero-order valence-corrected chi connectivity index (χ0v) is 6.98. The van der Waals surface area contributed by atoms with Crippen LogP contribution in [0, 0.1) is 0 Å². The lowest BCUT2D eigenvalue weighted by atomic mass is 10.5. The maximum Gasteiger partial charge on any atom is 0.393 e. The number of halogens is 1. The lowest BCUT2D eigenvalue weighted by Crippen LogP contribution is -1.84. The summed E-state index contributed by atoms with van der Waals surface area (Å²) in [5.41, 5.74) is 0. The summed E-state index contributed by atoms with van der Waals surface area (Å²) in [6, 6.07) is 0. The molecule has 0 saturated carbocycles. The van der Waals surface area contributed by atoms with E-state index in [-0.39, 0.29) is 0 Å². The van der Waals surface area contributed by atoms with Crippen LogP contribution in [0.25, 0.3) is 0 Å². The molecule has 8 heavy (non-hydrogen) atoms. The number of rotatable bonds is 3. The van der Waals surface area contributed by atoms with Gasteiger partial charge in [0.25, 0.3) is 0 Å². The molecule has 0 rings (SSSR count). The molecule has 3 nitrogen and oxygen atoms in total. The van der Waals surface area contributed by atoms with E-state index in [2.05, 4.69) is 20.0 Å². The highest BCUT2D eigenvalue weighted by atomic mass is 79.9. The van der Waals surface area contributed by atoms with Crippen LogP contribution in [0.15, 0.2) is 0 Å². The maximum atomic E-state index is 10.2. The van der Waals surface area contributed by atoms with Gasteiger partial charge >= 0.3 is 6.30 Å². The third kappa shape index (κ3) is 6.63. The summed E-state index contributed by atoms with van der Waals surface area (Å²) in [5, 5.41) is 0. The van der Waals surface area contributed by atoms with Crippen LogP contribution in [0.3, 0.4) is 0 Å². The third-order valence-electron chi connectivity index (χ3n) is 0.455. The average Bonchev–Trinajstić information content (AvgIpc) is 1.59. The summed E-state index contributed by atoms with van der Waals surface area (Å²) in [4.78, 5) is 8.40. The van der Waals surface area contributed by atoms with Gasteiger partial charge in [0.15, 0.2) is 0 Å². The molecule has 0 bridgehead atoms. The van der Waals surface area contributed by atoms with Crippen LogP contribution >= 0.6 is 21.8 Å². The minimum absolute atomic E-state index is 0.318. The second-order valence-electron chi connectivity index (χ2n) is 1.28. The molecule has 5 heteroatoms. The highest BCUT2D eigenvalue weighted by molar-refractivity contribution is 9.39. The fourth-order valence-electron chi connectivity index (χ4n) is 0.204. The van der Waals surface area contributed by atoms with Crippen molar-refractivity contribution in [1.29, 1.82) is 0 Å². The molecule has 0 aliphatic carbocycles. The Morgan fingerprint density at radius 3 is 2.50 bits per heavy atom. The van der Waals surface area contributed by atoms with Crippen LogP contribution in [-0.4, -0.2) is 11.5 Å². The van der Waals surface area contributed by atoms with Gasteiger partial charge in [0.2, 0.25) is 0 Å². The lowest BCUT2D eigenvalue weighted by Gasteiger charge is -2.00. The number of hydrogen-bond acceptors (Lipinski definition) is 2. The van der Waals surface area contributed by atoms with Crippen LogP contribution in [0.2, 0.25) is 0 Å². The van der Waals surface area contributed by atoms with E-state index in [9.17, 15) is 4.57 Å². The van der Waals surface area contributed by atoms with Crippen molar-refractivity contribution in [2.45, 2.75) is 13.3 Å². The molecule has 0 aromatic carbocycles. The van der Waals surface area contributed by atoms with Gasteiger partial charge in [-0.15, -0.1) is 0 Å². The van der Waals surface area contributed by atoms with E-state index in [0.29, 0.717) is 6.61 Å². The van der Waals surface area contributed by atoms with Crippen LogP contribution in [0.1, 0.15) is 13.3 Å². The summed E-state index contributed by atoms with van der Waals surface area (Å²) < 4.78 is 14.6. The molecular formula is C3H8BrO3P. The van der Waals surface area contributed by atoms with Gasteiger partial charge in [0.1, 0.15) is 0 Å². The Balaban J connectivity index is 3.26. The first kappa shape index (κ1) is 8.63. The zero-order valence-electron chi connectivity index (χ0n) is 4.50. The zero-order chi connectivity index (χ0) is 6.62. The largest absolute Gasteiger partial charge is 0.393 e. The van der Waals surface area contributed by atoms with Gasteiger partial charge in [-0.05, 0) is 6.42 Å². The highest BCUT2D eigenvalue weighted by Crippen LogP contribution is 2.50. The smallest absolute Gasteiger partial charge is 0.316 e. The van der Waals surface area contributed by atoms with Crippen LogP contribution in [0.4, 0.5) is 0 Å². The van der Waals surface area contributed by atoms with Crippen molar-refractivity contribution in [2.24, 2.45) is 0 Å². The van der Waals surface area contributed by atoms with Crippen molar-refractivity contribution < 1.29 is 14.0 Å². The fraction of sp³-hybridized carbons (Fsp3) is 1.00. The summed E-state index contributed by atoms with van der Waals surface area (Å²) in [6.45, 7) is 2.18. The van der Waals surface area contributed by atoms with E-state index in [1.54, 1.807) is 0 Å². The molecule has 1 atom stereocenters. The molecule has 0 radical (unpaired) electrons. The number of hydrogen-bond donors (Lipinski definition) is 1. The Kier molecular flexibility index (Phi) is 3.90. The van der Waals surface area contributed by atoms with Gasteiger partial charge < -0.3 is 9.42 Å². The predicted molar refractivity (Wildman–Crippen MR) is 35.0 cm³/mol. The Morgan fingerprint density at radius 2 is 2.38 bits per heavy atom. The minimum atomic E-state index is -3.37. The molecule has 50 valence electrons. The van der Waals surface area contributed by atoms with Gasteiger partial charge in [-0.25, -0.2) is 4.57 Å². The van der Waals surface area contributed by atoms with Gasteiger partial charge in [-0.2, -0.15) is 0 Å². The Bertz CT molecular complexity index is 98.7. The molecule has 1 N–H and O–H groups in total. The average molecular weight is 203 g/mol. The first-order chi connectivity index (χ1) is 3.56. The second-order valence-corrected chi connectivity index (χ2v) is 5.13. The Labute approximate surface area is 56.3 Å². The second kappa shape index (κ2) is 3.62. The van der Waals surface area contributed by atoms with Crippen molar-refractivity contribution in [2.75, 3.05) is 6.61 Å². The molecule has 0 amide bonds. The maximum absolute atomic E-state index is 10.2. The minimum Gasteiger partial charge on any atom is -0.316 e. The molecule has 0 aliphatic rings. The molecule has 0 fully saturated rings. The predicted octanol–water partition coefficient (Wildman–Crippen LogP) is 1.91. The quantitative estimate of drug-likeness (QED) is 0.712. The summed E-state index contributed by atoms with van der Waals surface area (Å²) in [5.74, 6) is 0. The van der Waals surface area contributed by atoms with Gasteiger partial charge in [-0.1, -0.05) is 6.92 Å². The molecular weight excluding hydrogens is 195 g/mol. The van der Waals surface area contributed by atoms with E-state index in [1.807, 2.05) is 6.92 Å². The van der Waals surface area contributed by atoms with E-state index < -0.39 is 6.30 Å². The van der Waals surface area contributed by atoms with Crippen LogP contribution in [0.5, 0.6) is 0 Å². The SMILES string of the molecule is CCCOP(=O)(O)Br. The Hall–Kier alpha value is 0.630. The molecule has 0 heterocycles.